The van der Waals surface area contributed by atoms with Crippen LogP contribution in [0.15, 0.2) is 60.9 Å². The van der Waals surface area contributed by atoms with Gasteiger partial charge in [0.15, 0.2) is 0 Å². The Morgan fingerprint density at radius 2 is 1.41 bits per heavy atom. The molecule has 2 aliphatic rings. The third kappa shape index (κ3) is 6.68. The fraction of sp³-hybridized carbons (Fsp3) is 0.400. The van der Waals surface area contributed by atoms with Gasteiger partial charge in [0, 0.05) is 36.0 Å². The van der Waals surface area contributed by atoms with Gasteiger partial charge in [-0.15, -0.1) is 0 Å². The van der Waals surface area contributed by atoms with Crippen molar-refractivity contribution in [3.63, 3.8) is 0 Å². The number of aromatic amines is 2. The number of amides is 3. The predicted molar refractivity (Wildman–Crippen MR) is 175 cm³/mol. The highest BCUT2D eigenvalue weighted by Crippen LogP contribution is 2.33. The highest BCUT2D eigenvalue weighted by atomic mass is 16.5. The zero-order valence-corrected chi connectivity index (χ0v) is 26.5. The van der Waals surface area contributed by atoms with E-state index >= 15 is 0 Å². The third-order valence-electron chi connectivity index (χ3n) is 9.08. The molecular formula is C35H41N7O4. The van der Waals surface area contributed by atoms with Crippen LogP contribution >= 0.6 is 0 Å². The van der Waals surface area contributed by atoms with E-state index in [2.05, 4.69) is 49.9 Å². The van der Waals surface area contributed by atoms with E-state index in [0.717, 1.165) is 78.0 Å². The van der Waals surface area contributed by atoms with Gasteiger partial charge in [0.25, 0.3) is 0 Å². The first kappa shape index (κ1) is 31.1. The van der Waals surface area contributed by atoms with E-state index < -0.39 is 12.1 Å². The number of imidazole rings is 2. The number of H-pyrrole nitrogens is 2. The molecule has 2 aromatic heterocycles. The Labute approximate surface area is 268 Å². The molecule has 11 nitrogen and oxygen atoms in total. The van der Waals surface area contributed by atoms with Crippen molar-refractivity contribution in [2.75, 3.05) is 19.0 Å². The number of aromatic nitrogens is 4. The van der Waals surface area contributed by atoms with Crippen molar-refractivity contribution < 1.29 is 19.1 Å². The number of hydrogen-bond donors (Lipinski definition) is 4. The maximum absolute atomic E-state index is 13.5. The first-order valence-corrected chi connectivity index (χ1v) is 16.1. The molecule has 2 atom stereocenters. The second-order valence-corrected chi connectivity index (χ2v) is 12.5. The fourth-order valence-corrected chi connectivity index (χ4v) is 6.46. The fourth-order valence-electron chi connectivity index (χ4n) is 6.46. The van der Waals surface area contributed by atoms with Crippen LogP contribution in [-0.4, -0.2) is 62.4 Å². The molecule has 1 saturated carbocycles. The van der Waals surface area contributed by atoms with Crippen molar-refractivity contribution in [2.45, 2.75) is 64.5 Å². The highest BCUT2D eigenvalue weighted by Gasteiger charge is 2.37. The average molecular weight is 624 g/mol. The minimum Gasteiger partial charge on any atom is -0.453 e. The Balaban J connectivity index is 1.10. The topological polar surface area (TPSA) is 145 Å². The molecule has 1 aliphatic heterocycles. The van der Waals surface area contributed by atoms with Gasteiger partial charge in [-0.2, -0.15) is 0 Å². The van der Waals surface area contributed by atoms with Crippen molar-refractivity contribution in [1.29, 1.82) is 0 Å². The summed E-state index contributed by atoms with van der Waals surface area (Å²) in [6.45, 7) is 4.42. The number of anilines is 1. The highest BCUT2D eigenvalue weighted by molar-refractivity contribution is 5.91. The van der Waals surface area contributed by atoms with Gasteiger partial charge in [0.2, 0.25) is 17.8 Å². The number of rotatable bonds is 9. The molecule has 3 heterocycles. The SMILES string of the molecule is COC(=O)N[C@H](C(=O)N1CCC[C@H]1c1nc(-c2ccc(-c3ccc(-c4c[nH]c(NC(=O)C5CCCC5)n4)cc3)cc2)c[nH]1)C(C)C. The zero-order chi connectivity index (χ0) is 32.2. The molecule has 2 fully saturated rings. The quantitative estimate of drug-likeness (QED) is 0.172. The number of alkyl carbamates (subject to hydrolysis) is 1. The summed E-state index contributed by atoms with van der Waals surface area (Å²) >= 11 is 0. The maximum Gasteiger partial charge on any atom is 0.407 e. The minimum atomic E-state index is -0.671. The van der Waals surface area contributed by atoms with Crippen molar-refractivity contribution >= 4 is 23.9 Å². The molecule has 0 radical (unpaired) electrons. The zero-order valence-electron chi connectivity index (χ0n) is 26.5. The van der Waals surface area contributed by atoms with Gasteiger partial charge in [0.05, 0.1) is 24.5 Å². The number of ether oxygens (including phenoxy) is 1. The first-order valence-electron chi connectivity index (χ1n) is 16.1. The lowest BCUT2D eigenvalue weighted by molar-refractivity contribution is -0.135. The molecule has 6 rings (SSSR count). The Kier molecular flexibility index (Phi) is 9.18. The molecular weight excluding hydrogens is 582 g/mol. The molecule has 3 amide bonds. The lowest BCUT2D eigenvalue weighted by atomic mass is 10.0. The van der Waals surface area contributed by atoms with E-state index in [1.54, 1.807) is 0 Å². The van der Waals surface area contributed by atoms with Crippen LogP contribution in [0.5, 0.6) is 0 Å². The van der Waals surface area contributed by atoms with Crippen molar-refractivity contribution in [3.05, 3.63) is 66.7 Å². The predicted octanol–water partition coefficient (Wildman–Crippen LogP) is 6.31. The molecule has 46 heavy (non-hydrogen) atoms. The van der Waals surface area contributed by atoms with Gasteiger partial charge >= 0.3 is 6.09 Å². The summed E-state index contributed by atoms with van der Waals surface area (Å²) < 4.78 is 4.74. The number of carbonyl (C=O) groups excluding carboxylic acids is 3. The van der Waals surface area contributed by atoms with Crippen LogP contribution in [0.3, 0.4) is 0 Å². The number of carbonyl (C=O) groups is 3. The van der Waals surface area contributed by atoms with Crippen molar-refractivity contribution in [2.24, 2.45) is 11.8 Å². The minimum absolute atomic E-state index is 0.0451. The summed E-state index contributed by atoms with van der Waals surface area (Å²) in [5, 5.41) is 5.61. The van der Waals surface area contributed by atoms with E-state index in [0.29, 0.717) is 12.5 Å². The first-order chi connectivity index (χ1) is 22.3. The second kappa shape index (κ2) is 13.6. The summed E-state index contributed by atoms with van der Waals surface area (Å²) in [5.74, 6) is 1.13. The van der Waals surface area contributed by atoms with Gasteiger partial charge in [-0.05, 0) is 42.7 Å². The van der Waals surface area contributed by atoms with E-state index in [-0.39, 0.29) is 29.7 Å². The molecule has 4 N–H and O–H groups in total. The standard InChI is InChI=1S/C35H41N7O4/c1-21(2)30(40-35(45)46-3)33(44)42-18-6-9-29(42)31-36-19-27(38-31)24-14-10-22(11-15-24)23-12-16-25(17-13-23)28-20-37-34(39-28)41-32(43)26-7-4-5-8-26/h10-17,19-21,26,29-30H,4-9,18H2,1-3H3,(H,36,38)(H,40,45)(H2,37,39,41,43)/t29-,30-/m0/s1. The number of methoxy groups -OCH3 is 1. The molecule has 2 aromatic carbocycles. The molecule has 1 aliphatic carbocycles. The monoisotopic (exact) mass is 623 g/mol. The van der Waals surface area contributed by atoms with E-state index in [1.807, 2.05) is 55.4 Å². The van der Waals surface area contributed by atoms with Gasteiger partial charge in [0.1, 0.15) is 11.9 Å². The Hall–Kier alpha value is -4.93. The van der Waals surface area contributed by atoms with Crippen LogP contribution < -0.4 is 10.6 Å². The van der Waals surface area contributed by atoms with Crippen LogP contribution in [0.2, 0.25) is 0 Å². The normalized spacial score (nSPS) is 17.3. The van der Waals surface area contributed by atoms with Crippen molar-refractivity contribution in [1.82, 2.24) is 30.2 Å². The third-order valence-corrected chi connectivity index (χ3v) is 9.08. The average Bonchev–Trinajstić information content (AvgIpc) is 3.90. The van der Waals surface area contributed by atoms with Crippen LogP contribution in [0.4, 0.5) is 10.7 Å². The molecule has 0 bridgehead atoms. The van der Waals surface area contributed by atoms with E-state index in [4.69, 9.17) is 9.72 Å². The summed E-state index contributed by atoms with van der Waals surface area (Å²) in [4.78, 5) is 55.4. The largest absolute Gasteiger partial charge is 0.453 e. The molecule has 0 spiro atoms. The summed E-state index contributed by atoms with van der Waals surface area (Å²) in [5.41, 5.74) is 5.66. The molecule has 1 saturated heterocycles. The Morgan fingerprint density at radius 1 is 0.826 bits per heavy atom. The summed E-state index contributed by atoms with van der Waals surface area (Å²) in [6.07, 6.45) is 8.86. The van der Waals surface area contributed by atoms with Gasteiger partial charge in [-0.1, -0.05) is 75.2 Å². The van der Waals surface area contributed by atoms with Crippen LogP contribution in [0.25, 0.3) is 33.6 Å². The van der Waals surface area contributed by atoms with E-state index in [1.165, 1.54) is 7.11 Å². The lowest BCUT2D eigenvalue weighted by Gasteiger charge is -2.29. The van der Waals surface area contributed by atoms with Crippen molar-refractivity contribution in [3.8, 4) is 33.6 Å². The molecule has 11 heteroatoms. The smallest absolute Gasteiger partial charge is 0.407 e. The summed E-state index contributed by atoms with van der Waals surface area (Å²) in [7, 11) is 1.29. The number of likely N-dealkylation sites (tertiary alicyclic amines) is 1. The summed E-state index contributed by atoms with van der Waals surface area (Å²) in [6, 6.07) is 15.6. The van der Waals surface area contributed by atoms with Gasteiger partial charge in [-0.3, -0.25) is 14.9 Å². The molecule has 0 unspecified atom stereocenters. The lowest BCUT2D eigenvalue weighted by Crippen LogP contribution is -2.51. The molecule has 240 valence electrons. The molecule has 4 aromatic rings. The Bertz CT molecular complexity index is 1670. The van der Waals surface area contributed by atoms with Gasteiger partial charge < -0.3 is 24.9 Å². The Morgan fingerprint density at radius 3 is 2.02 bits per heavy atom. The van der Waals surface area contributed by atoms with Gasteiger partial charge in [-0.25, -0.2) is 14.8 Å². The maximum atomic E-state index is 13.5. The van der Waals surface area contributed by atoms with Crippen LogP contribution in [0.1, 0.15) is 64.2 Å². The number of hydrogen-bond acceptors (Lipinski definition) is 6. The number of nitrogens with one attached hydrogen (secondary N) is 4. The van der Waals surface area contributed by atoms with Crippen LogP contribution in [-0.2, 0) is 14.3 Å². The van der Waals surface area contributed by atoms with E-state index in [9.17, 15) is 14.4 Å². The van der Waals surface area contributed by atoms with Crippen LogP contribution in [0, 0.1) is 11.8 Å². The second-order valence-electron chi connectivity index (χ2n) is 12.5. The number of nitrogens with zero attached hydrogens (tertiary/aromatic N) is 3. The number of benzene rings is 2.